The van der Waals surface area contributed by atoms with Crippen LogP contribution in [0.4, 0.5) is 5.69 Å². The summed E-state index contributed by atoms with van der Waals surface area (Å²) in [6.45, 7) is 2.29. The number of nitro groups is 1. The van der Waals surface area contributed by atoms with E-state index in [9.17, 15) is 19.7 Å². The lowest BCUT2D eigenvalue weighted by Crippen LogP contribution is -2.27. The Hall–Kier alpha value is -3.22. The number of aryl methyl sites for hydroxylation is 1. The van der Waals surface area contributed by atoms with Gasteiger partial charge in [0, 0.05) is 31.3 Å². The molecular weight excluding hydrogens is 324 g/mol. The van der Waals surface area contributed by atoms with E-state index in [4.69, 9.17) is 0 Å². The molecule has 0 saturated heterocycles. The van der Waals surface area contributed by atoms with Crippen LogP contribution in [-0.4, -0.2) is 35.9 Å². The molecule has 0 bridgehead atoms. The van der Waals surface area contributed by atoms with Crippen molar-refractivity contribution in [3.8, 4) is 0 Å². The highest BCUT2D eigenvalue weighted by Gasteiger charge is 2.20. The van der Waals surface area contributed by atoms with E-state index in [0.29, 0.717) is 6.54 Å². The molecule has 7 heteroatoms. The van der Waals surface area contributed by atoms with E-state index >= 15 is 0 Å². The van der Waals surface area contributed by atoms with Crippen LogP contribution < -0.4 is 0 Å². The fraction of sp³-hybridized carbons (Fsp3) is 0.222. The number of methoxy groups -OCH3 is 1. The number of carbonyl (C=O) groups is 2. The first-order chi connectivity index (χ1) is 11.8. The zero-order valence-corrected chi connectivity index (χ0v) is 14.2. The maximum atomic E-state index is 12.6. The SMILES string of the molecule is COC(=O)c1cc(C(=O)N(C)Cc2ccccc2C)cc([N+](=O)[O-])c1. The van der Waals surface area contributed by atoms with Gasteiger partial charge in [0.1, 0.15) is 0 Å². The van der Waals surface area contributed by atoms with Crippen LogP contribution >= 0.6 is 0 Å². The molecule has 2 aromatic carbocycles. The van der Waals surface area contributed by atoms with Gasteiger partial charge in [-0.05, 0) is 24.1 Å². The minimum absolute atomic E-state index is 0.0376. The summed E-state index contributed by atoms with van der Waals surface area (Å²) in [7, 11) is 2.78. The Morgan fingerprint density at radius 3 is 2.40 bits per heavy atom. The fourth-order valence-electron chi connectivity index (χ4n) is 2.41. The first-order valence-corrected chi connectivity index (χ1v) is 7.51. The average molecular weight is 342 g/mol. The summed E-state index contributed by atoms with van der Waals surface area (Å²) in [6.07, 6.45) is 0. The summed E-state index contributed by atoms with van der Waals surface area (Å²) in [6, 6.07) is 11.2. The second-order valence-electron chi connectivity index (χ2n) is 5.60. The van der Waals surface area contributed by atoms with Gasteiger partial charge >= 0.3 is 5.97 Å². The van der Waals surface area contributed by atoms with Crippen LogP contribution in [0.25, 0.3) is 0 Å². The maximum absolute atomic E-state index is 12.6. The summed E-state index contributed by atoms with van der Waals surface area (Å²) in [5, 5.41) is 11.1. The molecule has 0 radical (unpaired) electrons. The third-order valence-corrected chi connectivity index (χ3v) is 3.81. The van der Waals surface area contributed by atoms with E-state index < -0.39 is 16.8 Å². The topological polar surface area (TPSA) is 89.8 Å². The van der Waals surface area contributed by atoms with Crippen LogP contribution in [0.2, 0.25) is 0 Å². The van der Waals surface area contributed by atoms with Crippen LogP contribution in [0.5, 0.6) is 0 Å². The van der Waals surface area contributed by atoms with Crippen LogP contribution in [0.15, 0.2) is 42.5 Å². The molecule has 0 aliphatic heterocycles. The Labute approximate surface area is 145 Å². The molecule has 0 fully saturated rings. The van der Waals surface area contributed by atoms with Gasteiger partial charge in [-0.3, -0.25) is 14.9 Å². The Kier molecular flexibility index (Phi) is 5.49. The molecule has 0 aliphatic rings. The first-order valence-electron chi connectivity index (χ1n) is 7.51. The van der Waals surface area contributed by atoms with Gasteiger partial charge in [0.2, 0.25) is 0 Å². The molecule has 1 amide bonds. The normalized spacial score (nSPS) is 10.2. The van der Waals surface area contributed by atoms with Gasteiger partial charge in [0.05, 0.1) is 17.6 Å². The summed E-state index contributed by atoms with van der Waals surface area (Å²) < 4.78 is 4.59. The molecule has 2 aromatic rings. The van der Waals surface area contributed by atoms with Crippen molar-refractivity contribution in [1.82, 2.24) is 4.90 Å². The highest BCUT2D eigenvalue weighted by Crippen LogP contribution is 2.20. The third-order valence-electron chi connectivity index (χ3n) is 3.81. The van der Waals surface area contributed by atoms with Crippen molar-refractivity contribution in [1.29, 1.82) is 0 Å². The molecule has 0 saturated carbocycles. The highest BCUT2D eigenvalue weighted by atomic mass is 16.6. The van der Waals surface area contributed by atoms with Crippen LogP contribution in [-0.2, 0) is 11.3 Å². The average Bonchev–Trinajstić information content (AvgIpc) is 2.61. The molecule has 0 aromatic heterocycles. The molecule has 0 atom stereocenters. The smallest absolute Gasteiger partial charge is 0.338 e. The standard InChI is InChI=1S/C18H18N2O5/c1-12-6-4-5-7-13(12)11-19(2)17(21)14-8-15(18(22)25-3)10-16(9-14)20(23)24/h4-10H,11H2,1-3H3. The maximum Gasteiger partial charge on any atom is 0.338 e. The number of nitrogens with zero attached hydrogens (tertiary/aromatic N) is 2. The summed E-state index contributed by atoms with van der Waals surface area (Å²) in [4.78, 5) is 36.2. The minimum Gasteiger partial charge on any atom is -0.465 e. The number of carbonyl (C=O) groups excluding carboxylic acids is 2. The number of hydrogen-bond acceptors (Lipinski definition) is 5. The summed E-state index contributed by atoms with van der Waals surface area (Å²) in [5.41, 5.74) is 1.69. The molecule has 0 aliphatic carbocycles. The Morgan fingerprint density at radius 1 is 1.16 bits per heavy atom. The number of rotatable bonds is 5. The molecule has 130 valence electrons. The summed E-state index contributed by atoms with van der Waals surface area (Å²) >= 11 is 0. The van der Waals surface area contributed by atoms with E-state index in [1.807, 2.05) is 31.2 Å². The molecular formula is C18H18N2O5. The Bertz CT molecular complexity index is 832. The van der Waals surface area contributed by atoms with Gasteiger partial charge in [0.15, 0.2) is 0 Å². The van der Waals surface area contributed by atoms with Gasteiger partial charge in [-0.2, -0.15) is 0 Å². The lowest BCUT2D eigenvalue weighted by Gasteiger charge is -2.19. The monoisotopic (exact) mass is 342 g/mol. The van der Waals surface area contributed by atoms with Gasteiger partial charge in [0.25, 0.3) is 11.6 Å². The number of esters is 1. The second kappa shape index (κ2) is 7.57. The number of hydrogen-bond donors (Lipinski definition) is 0. The minimum atomic E-state index is -0.737. The number of ether oxygens (including phenoxy) is 1. The van der Waals surface area contributed by atoms with E-state index in [1.165, 1.54) is 18.1 Å². The molecule has 0 spiro atoms. The molecule has 0 unspecified atom stereocenters. The number of non-ortho nitro benzene ring substituents is 1. The van der Waals surface area contributed by atoms with E-state index in [0.717, 1.165) is 23.3 Å². The zero-order valence-electron chi connectivity index (χ0n) is 14.2. The molecule has 2 rings (SSSR count). The molecule has 25 heavy (non-hydrogen) atoms. The molecule has 0 heterocycles. The lowest BCUT2D eigenvalue weighted by molar-refractivity contribution is -0.384. The van der Waals surface area contributed by atoms with Crippen molar-refractivity contribution in [3.63, 3.8) is 0 Å². The van der Waals surface area contributed by atoms with Gasteiger partial charge < -0.3 is 9.64 Å². The molecule has 7 nitrogen and oxygen atoms in total. The van der Waals surface area contributed by atoms with Crippen molar-refractivity contribution >= 4 is 17.6 Å². The Balaban J connectivity index is 2.34. The van der Waals surface area contributed by atoms with Crippen LogP contribution in [0.1, 0.15) is 31.8 Å². The Morgan fingerprint density at radius 2 is 1.80 bits per heavy atom. The van der Waals surface area contributed by atoms with Crippen molar-refractivity contribution < 1.29 is 19.2 Å². The van der Waals surface area contributed by atoms with Gasteiger partial charge in [-0.1, -0.05) is 24.3 Å². The van der Waals surface area contributed by atoms with Gasteiger partial charge in [-0.15, -0.1) is 0 Å². The van der Waals surface area contributed by atoms with Crippen molar-refractivity contribution in [2.75, 3.05) is 14.2 Å². The predicted molar refractivity (Wildman–Crippen MR) is 91.4 cm³/mol. The van der Waals surface area contributed by atoms with Crippen molar-refractivity contribution in [2.24, 2.45) is 0 Å². The number of benzene rings is 2. The van der Waals surface area contributed by atoms with E-state index in [1.54, 1.807) is 7.05 Å². The highest BCUT2D eigenvalue weighted by molar-refractivity contribution is 5.98. The van der Waals surface area contributed by atoms with Crippen molar-refractivity contribution in [2.45, 2.75) is 13.5 Å². The van der Waals surface area contributed by atoms with Crippen LogP contribution in [0.3, 0.4) is 0 Å². The largest absolute Gasteiger partial charge is 0.465 e. The predicted octanol–water partition coefficient (Wildman–Crippen LogP) is 2.96. The van der Waals surface area contributed by atoms with Crippen LogP contribution in [0, 0.1) is 17.0 Å². The van der Waals surface area contributed by atoms with Crippen molar-refractivity contribution in [3.05, 3.63) is 74.8 Å². The van der Waals surface area contributed by atoms with E-state index in [-0.39, 0.29) is 16.8 Å². The third kappa shape index (κ3) is 4.20. The van der Waals surface area contributed by atoms with E-state index in [2.05, 4.69) is 4.74 Å². The quantitative estimate of drug-likeness (QED) is 0.473. The lowest BCUT2D eigenvalue weighted by atomic mass is 10.1. The number of amides is 1. The van der Waals surface area contributed by atoms with Gasteiger partial charge in [-0.25, -0.2) is 4.79 Å². The summed E-state index contributed by atoms with van der Waals surface area (Å²) in [5.74, 6) is -1.16. The molecule has 0 N–H and O–H groups in total. The second-order valence-corrected chi connectivity index (χ2v) is 5.60. The zero-order chi connectivity index (χ0) is 18.6. The first kappa shape index (κ1) is 18.1. The fourth-order valence-corrected chi connectivity index (χ4v) is 2.41. The number of nitro benzene ring substituents is 1.